The number of para-hydroxylation sites is 4. The molecule has 0 unspecified atom stereocenters. The van der Waals surface area contributed by atoms with Crippen molar-refractivity contribution in [3.05, 3.63) is 121 Å². The zero-order chi connectivity index (χ0) is 22.5. The number of benzene rings is 5. The molecule has 7 rings (SSSR count). The highest BCUT2D eigenvalue weighted by atomic mass is 16.3. The molecular weight excluding hydrogens is 416 g/mol. The zero-order valence-corrected chi connectivity index (χ0v) is 18.3. The van der Waals surface area contributed by atoms with Crippen LogP contribution in [0.25, 0.3) is 61.2 Å². The standard InChI is InChI=1S/C31H20N2O/c1-4-10-28-25(7-1)26-8-2-5-11-29(26)33(28)24-19-17-22(18-20-24)21-13-15-23(16-14-21)31-32-27-9-3-6-12-30(27)34-31/h1-20H. The summed E-state index contributed by atoms with van der Waals surface area (Å²) < 4.78 is 8.25. The molecular formula is C31H20N2O. The van der Waals surface area contributed by atoms with Crippen LogP contribution in [0.15, 0.2) is 126 Å². The van der Waals surface area contributed by atoms with Crippen LogP contribution in [0, 0.1) is 0 Å². The quantitative estimate of drug-likeness (QED) is 0.279. The Morgan fingerprint density at radius 2 is 1.03 bits per heavy atom. The molecule has 0 amide bonds. The molecule has 3 nitrogen and oxygen atoms in total. The molecule has 2 heterocycles. The van der Waals surface area contributed by atoms with E-state index in [2.05, 4.69) is 107 Å². The van der Waals surface area contributed by atoms with Gasteiger partial charge in [0.15, 0.2) is 5.58 Å². The summed E-state index contributed by atoms with van der Waals surface area (Å²) in [6, 6.07) is 42.2. The van der Waals surface area contributed by atoms with Gasteiger partial charge < -0.3 is 8.98 Å². The molecule has 5 aromatic carbocycles. The second-order valence-electron chi connectivity index (χ2n) is 8.48. The summed E-state index contributed by atoms with van der Waals surface area (Å²) in [6.07, 6.45) is 0. The predicted molar refractivity (Wildman–Crippen MR) is 139 cm³/mol. The first kappa shape index (κ1) is 18.9. The Hall–Kier alpha value is -4.63. The molecule has 34 heavy (non-hydrogen) atoms. The fraction of sp³-hybridized carbons (Fsp3) is 0. The molecule has 3 heteroatoms. The molecule has 0 saturated carbocycles. The minimum Gasteiger partial charge on any atom is -0.436 e. The molecule has 7 aromatic rings. The summed E-state index contributed by atoms with van der Waals surface area (Å²) >= 11 is 0. The first-order valence-corrected chi connectivity index (χ1v) is 11.4. The van der Waals surface area contributed by atoms with E-state index in [1.807, 2.05) is 24.3 Å². The SMILES string of the molecule is c1ccc2oc(-c3ccc(-c4ccc(-n5c6ccccc6c6ccccc65)cc4)cc3)nc2c1. The van der Waals surface area contributed by atoms with Gasteiger partial charge in [-0.1, -0.05) is 72.8 Å². The third kappa shape index (κ3) is 2.95. The summed E-state index contributed by atoms with van der Waals surface area (Å²) in [5.41, 5.74) is 8.59. The van der Waals surface area contributed by atoms with Gasteiger partial charge in [-0.3, -0.25) is 0 Å². The van der Waals surface area contributed by atoms with E-state index < -0.39 is 0 Å². The Labute approximate surface area is 196 Å². The molecule has 0 radical (unpaired) electrons. The van der Waals surface area contributed by atoms with E-state index in [1.54, 1.807) is 0 Å². The number of hydrogen-bond donors (Lipinski definition) is 0. The molecule has 0 N–H and O–H groups in total. The lowest BCUT2D eigenvalue weighted by molar-refractivity contribution is 0.620. The summed E-state index contributed by atoms with van der Waals surface area (Å²) in [5.74, 6) is 0.648. The topological polar surface area (TPSA) is 31.0 Å². The molecule has 0 bridgehead atoms. The van der Waals surface area contributed by atoms with Gasteiger partial charge in [-0.15, -0.1) is 0 Å². The van der Waals surface area contributed by atoms with Gasteiger partial charge in [0, 0.05) is 22.0 Å². The second kappa shape index (κ2) is 7.46. The highest BCUT2D eigenvalue weighted by molar-refractivity contribution is 6.09. The van der Waals surface area contributed by atoms with Gasteiger partial charge >= 0.3 is 0 Å². The monoisotopic (exact) mass is 436 g/mol. The summed E-state index contributed by atoms with van der Waals surface area (Å²) in [4.78, 5) is 4.61. The van der Waals surface area contributed by atoms with E-state index in [0.717, 1.165) is 27.9 Å². The van der Waals surface area contributed by atoms with Crippen molar-refractivity contribution in [1.29, 1.82) is 0 Å². The van der Waals surface area contributed by atoms with E-state index in [1.165, 1.54) is 27.4 Å². The fourth-order valence-electron chi connectivity index (χ4n) is 4.80. The van der Waals surface area contributed by atoms with Crippen molar-refractivity contribution in [3.8, 4) is 28.3 Å². The summed E-state index contributed by atoms with van der Waals surface area (Å²) in [7, 11) is 0. The minimum atomic E-state index is 0.648. The van der Waals surface area contributed by atoms with Crippen LogP contribution in [0.3, 0.4) is 0 Å². The van der Waals surface area contributed by atoms with Crippen molar-refractivity contribution in [2.45, 2.75) is 0 Å². The molecule has 0 aliphatic heterocycles. The molecule has 0 atom stereocenters. The van der Waals surface area contributed by atoms with Crippen molar-refractivity contribution in [3.63, 3.8) is 0 Å². The van der Waals surface area contributed by atoms with Gasteiger partial charge in [0.2, 0.25) is 5.89 Å². The van der Waals surface area contributed by atoms with E-state index in [-0.39, 0.29) is 0 Å². The van der Waals surface area contributed by atoms with Crippen LogP contribution >= 0.6 is 0 Å². The third-order valence-corrected chi connectivity index (χ3v) is 6.46. The first-order valence-electron chi connectivity index (χ1n) is 11.4. The predicted octanol–water partition coefficient (Wildman–Crippen LogP) is 8.26. The lowest BCUT2D eigenvalue weighted by Crippen LogP contribution is -1.93. The average Bonchev–Trinajstić information content (AvgIpc) is 3.49. The molecule has 0 aliphatic rings. The lowest BCUT2D eigenvalue weighted by Gasteiger charge is -2.09. The maximum atomic E-state index is 5.91. The molecule has 0 saturated heterocycles. The van der Waals surface area contributed by atoms with Crippen molar-refractivity contribution in [1.82, 2.24) is 9.55 Å². The van der Waals surface area contributed by atoms with Crippen LogP contribution in [0.5, 0.6) is 0 Å². The smallest absolute Gasteiger partial charge is 0.227 e. The summed E-state index contributed by atoms with van der Waals surface area (Å²) in [6.45, 7) is 0. The van der Waals surface area contributed by atoms with Crippen molar-refractivity contribution in [2.75, 3.05) is 0 Å². The van der Waals surface area contributed by atoms with Gasteiger partial charge in [0.05, 0.1) is 11.0 Å². The molecule has 160 valence electrons. The van der Waals surface area contributed by atoms with Crippen molar-refractivity contribution < 1.29 is 4.42 Å². The summed E-state index contributed by atoms with van der Waals surface area (Å²) in [5, 5.41) is 2.55. The Morgan fingerprint density at radius 3 is 1.68 bits per heavy atom. The number of hydrogen-bond acceptors (Lipinski definition) is 2. The molecule has 0 aliphatic carbocycles. The Balaban J connectivity index is 1.25. The maximum absolute atomic E-state index is 5.91. The number of rotatable bonds is 3. The van der Waals surface area contributed by atoms with Crippen LogP contribution in [0.4, 0.5) is 0 Å². The van der Waals surface area contributed by atoms with Gasteiger partial charge in [-0.2, -0.15) is 0 Å². The molecule has 2 aromatic heterocycles. The van der Waals surface area contributed by atoms with E-state index >= 15 is 0 Å². The van der Waals surface area contributed by atoms with Gasteiger partial charge in [0.1, 0.15) is 5.52 Å². The first-order chi connectivity index (χ1) is 16.8. The van der Waals surface area contributed by atoms with Gasteiger partial charge in [-0.05, 0) is 59.7 Å². The second-order valence-corrected chi connectivity index (χ2v) is 8.48. The lowest BCUT2D eigenvalue weighted by atomic mass is 10.0. The fourth-order valence-corrected chi connectivity index (χ4v) is 4.80. The van der Waals surface area contributed by atoms with Crippen molar-refractivity contribution in [2.24, 2.45) is 0 Å². The van der Waals surface area contributed by atoms with Gasteiger partial charge in [-0.25, -0.2) is 4.98 Å². The molecule has 0 fully saturated rings. The van der Waals surface area contributed by atoms with Gasteiger partial charge in [0.25, 0.3) is 0 Å². The largest absolute Gasteiger partial charge is 0.436 e. The van der Waals surface area contributed by atoms with Crippen LogP contribution in [-0.4, -0.2) is 9.55 Å². The van der Waals surface area contributed by atoms with Crippen LogP contribution < -0.4 is 0 Å². The van der Waals surface area contributed by atoms with Crippen LogP contribution in [0.2, 0.25) is 0 Å². The highest BCUT2D eigenvalue weighted by Gasteiger charge is 2.12. The number of aromatic nitrogens is 2. The number of nitrogens with zero attached hydrogens (tertiary/aromatic N) is 2. The van der Waals surface area contributed by atoms with E-state index in [4.69, 9.17) is 4.42 Å². The maximum Gasteiger partial charge on any atom is 0.227 e. The Morgan fingerprint density at radius 1 is 0.500 bits per heavy atom. The van der Waals surface area contributed by atoms with Crippen LogP contribution in [0.1, 0.15) is 0 Å². The van der Waals surface area contributed by atoms with Crippen LogP contribution in [-0.2, 0) is 0 Å². The zero-order valence-electron chi connectivity index (χ0n) is 18.3. The minimum absolute atomic E-state index is 0.648. The Kier molecular flexibility index (Phi) is 4.15. The average molecular weight is 437 g/mol. The number of fused-ring (bicyclic) bond motifs is 4. The van der Waals surface area contributed by atoms with E-state index in [0.29, 0.717) is 5.89 Å². The third-order valence-electron chi connectivity index (χ3n) is 6.46. The number of oxazole rings is 1. The highest BCUT2D eigenvalue weighted by Crippen LogP contribution is 2.33. The molecule has 0 spiro atoms. The van der Waals surface area contributed by atoms with Crippen molar-refractivity contribution >= 4 is 32.9 Å². The van der Waals surface area contributed by atoms with E-state index in [9.17, 15) is 0 Å². The Bertz CT molecular complexity index is 1700. The normalized spacial score (nSPS) is 11.5.